The van der Waals surface area contributed by atoms with Gasteiger partial charge in [0.15, 0.2) is 0 Å². The molecule has 0 bridgehead atoms. The van der Waals surface area contributed by atoms with Crippen LogP contribution < -0.4 is 0 Å². The van der Waals surface area contributed by atoms with Crippen molar-refractivity contribution in [3.63, 3.8) is 0 Å². The average Bonchev–Trinajstić information content (AvgIpc) is 2.19. The van der Waals surface area contributed by atoms with Crippen molar-refractivity contribution in [1.82, 2.24) is 0 Å². The molecule has 1 fully saturated rings. The van der Waals surface area contributed by atoms with Gasteiger partial charge in [-0.15, -0.1) is 11.6 Å². The second-order valence-corrected chi connectivity index (χ2v) is 5.22. The van der Waals surface area contributed by atoms with Gasteiger partial charge in [0.2, 0.25) is 0 Å². The van der Waals surface area contributed by atoms with Gasteiger partial charge >= 0.3 is 0 Å². The van der Waals surface area contributed by atoms with Crippen molar-refractivity contribution in [3.05, 3.63) is 0 Å². The van der Waals surface area contributed by atoms with E-state index < -0.39 is 0 Å². The Morgan fingerprint density at radius 1 is 1.15 bits per heavy atom. The Labute approximate surface area is 90.6 Å². The quantitative estimate of drug-likeness (QED) is 0.504. The Morgan fingerprint density at radius 2 is 1.92 bits per heavy atom. The van der Waals surface area contributed by atoms with E-state index in [1.165, 1.54) is 32.1 Å². The van der Waals surface area contributed by atoms with Crippen molar-refractivity contribution in [2.45, 2.75) is 37.4 Å². The summed E-state index contributed by atoms with van der Waals surface area (Å²) in [6.45, 7) is 1.57. The fourth-order valence-corrected chi connectivity index (χ4v) is 2.99. The number of hydrogen-bond acceptors (Lipinski definition) is 2. The lowest BCUT2D eigenvalue weighted by atomic mass is 10.0. The fourth-order valence-electron chi connectivity index (χ4n) is 1.66. The normalized spacial score (nSPS) is 19.2. The van der Waals surface area contributed by atoms with E-state index in [-0.39, 0.29) is 0 Å². The van der Waals surface area contributed by atoms with Gasteiger partial charge in [0.1, 0.15) is 0 Å². The van der Waals surface area contributed by atoms with E-state index in [2.05, 4.69) is 11.8 Å². The van der Waals surface area contributed by atoms with Gasteiger partial charge in [-0.05, 0) is 12.8 Å². The summed E-state index contributed by atoms with van der Waals surface area (Å²) in [6, 6.07) is 0. The summed E-state index contributed by atoms with van der Waals surface area (Å²) in [6.07, 6.45) is 7.14. The highest BCUT2D eigenvalue weighted by Gasteiger charge is 2.12. The van der Waals surface area contributed by atoms with E-state index in [0.29, 0.717) is 12.5 Å². The zero-order valence-corrected chi connectivity index (χ0v) is 9.71. The maximum Gasteiger partial charge on any atom is 0.0602 e. The van der Waals surface area contributed by atoms with E-state index in [9.17, 15) is 0 Å². The Morgan fingerprint density at radius 3 is 2.62 bits per heavy atom. The van der Waals surface area contributed by atoms with Gasteiger partial charge in [-0.25, -0.2) is 0 Å². The van der Waals surface area contributed by atoms with E-state index >= 15 is 0 Å². The second kappa shape index (κ2) is 7.95. The third-order valence-electron chi connectivity index (χ3n) is 2.35. The molecular formula is C10H19ClOS. The smallest absolute Gasteiger partial charge is 0.0602 e. The Bertz CT molecular complexity index is 115. The van der Waals surface area contributed by atoms with Gasteiger partial charge in [0.25, 0.3) is 0 Å². The predicted octanol–water partition coefficient (Wildman–Crippen LogP) is 3.31. The molecular weight excluding hydrogens is 204 g/mol. The third kappa shape index (κ3) is 5.82. The zero-order valence-electron chi connectivity index (χ0n) is 8.14. The van der Waals surface area contributed by atoms with Crippen molar-refractivity contribution in [2.24, 2.45) is 0 Å². The lowest BCUT2D eigenvalue weighted by Crippen LogP contribution is -2.10. The van der Waals surface area contributed by atoms with Gasteiger partial charge < -0.3 is 4.74 Å². The van der Waals surface area contributed by atoms with E-state index in [1.54, 1.807) is 0 Å². The molecule has 0 aliphatic heterocycles. The Kier molecular flexibility index (Phi) is 7.14. The first-order chi connectivity index (χ1) is 6.43. The maximum atomic E-state index is 5.50. The van der Waals surface area contributed by atoms with E-state index in [1.807, 2.05) is 0 Å². The minimum Gasteiger partial charge on any atom is -0.379 e. The molecule has 1 aliphatic rings. The van der Waals surface area contributed by atoms with Gasteiger partial charge in [-0.3, -0.25) is 0 Å². The molecule has 1 nitrogen and oxygen atoms in total. The van der Waals surface area contributed by atoms with Crippen molar-refractivity contribution in [2.75, 3.05) is 24.8 Å². The number of halogens is 1. The molecule has 0 N–H and O–H groups in total. The van der Waals surface area contributed by atoms with Crippen LogP contribution in [0.15, 0.2) is 0 Å². The van der Waals surface area contributed by atoms with Gasteiger partial charge in [-0.2, -0.15) is 11.8 Å². The van der Waals surface area contributed by atoms with Crippen LogP contribution in [0, 0.1) is 0 Å². The monoisotopic (exact) mass is 222 g/mol. The third-order valence-corrected chi connectivity index (χ3v) is 3.85. The highest BCUT2D eigenvalue weighted by atomic mass is 35.5. The molecule has 0 aromatic heterocycles. The molecule has 1 aliphatic carbocycles. The second-order valence-electron chi connectivity index (χ2n) is 3.43. The summed E-state index contributed by atoms with van der Waals surface area (Å²) in [7, 11) is 0. The summed E-state index contributed by atoms with van der Waals surface area (Å²) < 4.78 is 5.32. The van der Waals surface area contributed by atoms with Crippen molar-refractivity contribution >= 4 is 23.4 Å². The van der Waals surface area contributed by atoms with E-state index in [4.69, 9.17) is 16.3 Å². The summed E-state index contributed by atoms with van der Waals surface area (Å²) in [5.41, 5.74) is 0. The molecule has 0 unspecified atom stereocenters. The zero-order chi connectivity index (χ0) is 9.36. The van der Waals surface area contributed by atoms with Gasteiger partial charge in [0, 0.05) is 16.9 Å². The molecule has 1 rings (SSSR count). The number of ether oxygens (including phenoxy) is 1. The summed E-state index contributed by atoms with van der Waals surface area (Å²) in [5, 5.41) is 0.911. The van der Waals surface area contributed by atoms with Crippen LogP contribution in [0.4, 0.5) is 0 Å². The number of rotatable bonds is 6. The van der Waals surface area contributed by atoms with Crippen LogP contribution >= 0.6 is 23.4 Å². The molecule has 0 atom stereocenters. The molecule has 3 heteroatoms. The largest absolute Gasteiger partial charge is 0.379 e. The summed E-state index contributed by atoms with van der Waals surface area (Å²) >= 11 is 7.58. The molecule has 0 amide bonds. The van der Waals surface area contributed by atoms with Crippen LogP contribution in [0.2, 0.25) is 0 Å². The number of thioether (sulfide) groups is 1. The first-order valence-corrected chi connectivity index (χ1v) is 6.77. The molecule has 0 aromatic carbocycles. The van der Waals surface area contributed by atoms with E-state index in [0.717, 1.165) is 17.6 Å². The fraction of sp³-hybridized carbons (Fsp3) is 1.00. The molecule has 0 aromatic rings. The molecule has 0 saturated heterocycles. The van der Waals surface area contributed by atoms with Crippen LogP contribution in [-0.2, 0) is 4.74 Å². The number of hydrogen-bond donors (Lipinski definition) is 0. The molecule has 78 valence electrons. The Balaban J connectivity index is 1.86. The standard InChI is InChI=1S/C10H19ClOS/c11-6-7-12-8-9-13-10-4-2-1-3-5-10/h10H,1-9H2. The Hall–Kier alpha value is 0.600. The molecule has 0 spiro atoms. The predicted molar refractivity (Wildman–Crippen MR) is 60.9 cm³/mol. The van der Waals surface area contributed by atoms with Crippen LogP contribution in [0.25, 0.3) is 0 Å². The van der Waals surface area contributed by atoms with Crippen molar-refractivity contribution < 1.29 is 4.74 Å². The van der Waals surface area contributed by atoms with Gasteiger partial charge in [0.05, 0.1) is 13.2 Å². The molecule has 0 heterocycles. The van der Waals surface area contributed by atoms with Crippen molar-refractivity contribution in [1.29, 1.82) is 0 Å². The lowest BCUT2D eigenvalue weighted by Gasteiger charge is -2.20. The highest BCUT2D eigenvalue weighted by molar-refractivity contribution is 7.99. The van der Waals surface area contributed by atoms with Gasteiger partial charge in [-0.1, -0.05) is 19.3 Å². The minimum atomic E-state index is 0.619. The first kappa shape index (κ1) is 11.7. The number of alkyl halides is 1. The van der Waals surface area contributed by atoms with Crippen LogP contribution in [0.3, 0.4) is 0 Å². The van der Waals surface area contributed by atoms with Crippen molar-refractivity contribution in [3.8, 4) is 0 Å². The highest BCUT2D eigenvalue weighted by Crippen LogP contribution is 2.27. The SMILES string of the molecule is ClCCOCCSC1CCCCC1. The lowest BCUT2D eigenvalue weighted by molar-refractivity contribution is 0.166. The molecule has 0 radical (unpaired) electrons. The summed E-state index contributed by atoms with van der Waals surface area (Å²) in [5.74, 6) is 1.76. The topological polar surface area (TPSA) is 9.23 Å². The van der Waals surface area contributed by atoms with Crippen LogP contribution in [-0.4, -0.2) is 30.1 Å². The first-order valence-electron chi connectivity index (χ1n) is 5.19. The minimum absolute atomic E-state index is 0.619. The summed E-state index contributed by atoms with van der Waals surface area (Å²) in [4.78, 5) is 0. The molecule has 13 heavy (non-hydrogen) atoms. The van der Waals surface area contributed by atoms with Crippen LogP contribution in [0.1, 0.15) is 32.1 Å². The average molecular weight is 223 g/mol. The molecule has 1 saturated carbocycles. The maximum absolute atomic E-state index is 5.50. The van der Waals surface area contributed by atoms with Crippen LogP contribution in [0.5, 0.6) is 0 Å².